The van der Waals surface area contributed by atoms with Crippen LogP contribution in [0.1, 0.15) is 75.0 Å². The zero-order valence-electron chi connectivity index (χ0n) is 35.4. The Morgan fingerprint density at radius 3 is 2.52 bits per heavy atom. The summed E-state index contributed by atoms with van der Waals surface area (Å²) in [4.78, 5) is 51.7. The van der Waals surface area contributed by atoms with Gasteiger partial charge >= 0.3 is 5.92 Å². The van der Waals surface area contributed by atoms with E-state index in [9.17, 15) is 14.4 Å². The number of rotatable bonds is 8. The number of pyridine rings is 1. The SMILES string of the molecule is CC1CN(c2ncc(Cl)c(Nc3ccc4c(c3)c3c(c(=O)n4C)OCC(F)(F)C(C4CC4)N3)n2)CCC1CN1CCC(c2cc3c(cc2F)c(C2CCC(=O)NC2=O)nn3C)CC1. The Bertz CT molecular complexity index is 2720. The van der Waals surface area contributed by atoms with E-state index < -0.39 is 30.0 Å². The number of aryl methyl sites for hydroxylation is 2. The number of nitrogens with one attached hydrogen (secondary N) is 3. The number of carbonyl (C=O) groups excluding carboxylic acids is 2. The molecule has 0 bridgehead atoms. The third-order valence-electron chi connectivity index (χ3n) is 14.1. The molecule has 5 aromatic rings. The minimum absolute atomic E-state index is 0.0698. The first-order chi connectivity index (χ1) is 30.2. The van der Waals surface area contributed by atoms with E-state index in [0.29, 0.717) is 81.1 Å². The number of halogens is 4. The Morgan fingerprint density at radius 1 is 0.984 bits per heavy atom. The number of imide groups is 1. The number of carbonyl (C=O) groups is 2. The van der Waals surface area contributed by atoms with E-state index in [-0.39, 0.29) is 47.3 Å². The van der Waals surface area contributed by atoms with E-state index in [1.54, 1.807) is 36.1 Å². The number of fused-ring (bicyclic) bond motifs is 4. The highest BCUT2D eigenvalue weighted by Gasteiger charge is 2.51. The second-order valence-electron chi connectivity index (χ2n) is 18.3. The second kappa shape index (κ2) is 16.0. The maximum Gasteiger partial charge on any atom is 0.301 e. The van der Waals surface area contributed by atoms with Crippen molar-refractivity contribution in [2.24, 2.45) is 31.8 Å². The van der Waals surface area contributed by atoms with Gasteiger partial charge in [0.2, 0.25) is 23.5 Å². The third kappa shape index (κ3) is 7.74. The Labute approximate surface area is 366 Å². The first-order valence-corrected chi connectivity index (χ1v) is 22.3. The smallest absolute Gasteiger partial charge is 0.301 e. The van der Waals surface area contributed by atoms with Crippen molar-refractivity contribution in [2.45, 2.75) is 75.7 Å². The summed E-state index contributed by atoms with van der Waals surface area (Å²) in [6, 6.07) is 7.63. The van der Waals surface area contributed by atoms with E-state index in [2.05, 4.69) is 42.8 Å². The fraction of sp³-hybridized carbons (Fsp3) is 0.511. The van der Waals surface area contributed by atoms with Gasteiger partial charge in [0.1, 0.15) is 10.8 Å². The molecule has 0 radical (unpaired) electrons. The molecule has 3 saturated heterocycles. The van der Waals surface area contributed by atoms with Crippen molar-refractivity contribution in [3.63, 3.8) is 0 Å². The standard InChI is InChI=1S/C45H50ClF3N10O4/c1-23-20-59(15-12-26(23)21-58-13-10-24(11-14-58)29-18-35-31(17-33(29)47)37(55-57(35)3)28-7-9-36(60)52-42(28)61)44-50-19-32(46)41(54-44)51-27-6-8-34-30(16-27)38-39(43(62)56(34)2)63-22-45(48,49)40(53-38)25-4-5-25/h6,8,16-19,23-26,28,40,53H,4-5,7,9-15,20-22H2,1-3H3,(H,50,51,54)(H,52,60,61). The Balaban J connectivity index is 0.784. The van der Waals surface area contributed by atoms with E-state index in [1.807, 2.05) is 13.1 Å². The fourth-order valence-corrected chi connectivity index (χ4v) is 10.4. The molecule has 0 spiro atoms. The number of nitrogens with zero attached hydrogens (tertiary/aromatic N) is 7. The van der Waals surface area contributed by atoms with Crippen LogP contribution in [0.4, 0.5) is 36.3 Å². The highest BCUT2D eigenvalue weighted by molar-refractivity contribution is 6.33. The maximum absolute atomic E-state index is 15.8. The average molecular weight is 887 g/mol. The number of hydrogen-bond acceptors (Lipinski definition) is 11. The van der Waals surface area contributed by atoms with Gasteiger partial charge in [0.25, 0.3) is 5.56 Å². The topological polar surface area (TPSA) is 152 Å². The number of aromatic nitrogens is 5. The van der Waals surface area contributed by atoms with Crippen LogP contribution >= 0.6 is 11.6 Å². The Hall–Kier alpha value is -5.42. The molecule has 2 aromatic carbocycles. The van der Waals surface area contributed by atoms with Crippen molar-refractivity contribution in [3.05, 3.63) is 69.0 Å². The van der Waals surface area contributed by atoms with E-state index in [1.165, 1.54) is 10.6 Å². The summed E-state index contributed by atoms with van der Waals surface area (Å²) in [5.74, 6) is -3.18. The summed E-state index contributed by atoms with van der Waals surface area (Å²) in [7, 11) is 3.41. The molecule has 1 aliphatic carbocycles. The lowest BCUT2D eigenvalue weighted by Crippen LogP contribution is -2.45. The Kier molecular flexibility index (Phi) is 10.5. The zero-order valence-corrected chi connectivity index (χ0v) is 36.2. The van der Waals surface area contributed by atoms with E-state index >= 15 is 13.2 Å². The fourth-order valence-electron chi connectivity index (χ4n) is 10.3. The molecule has 63 heavy (non-hydrogen) atoms. The van der Waals surface area contributed by atoms with Crippen LogP contribution in [-0.2, 0) is 23.7 Å². The molecule has 3 aromatic heterocycles. The first kappa shape index (κ1) is 41.6. The second-order valence-corrected chi connectivity index (χ2v) is 18.7. The van der Waals surface area contributed by atoms with Crippen LogP contribution in [-0.4, -0.2) is 92.3 Å². The lowest BCUT2D eigenvalue weighted by molar-refractivity contribution is -0.134. The van der Waals surface area contributed by atoms with Gasteiger partial charge < -0.3 is 29.7 Å². The number of hydrogen-bond donors (Lipinski definition) is 3. The van der Waals surface area contributed by atoms with Crippen molar-refractivity contribution in [1.82, 2.24) is 34.5 Å². The van der Waals surface area contributed by atoms with Crippen LogP contribution in [0.15, 0.2) is 41.3 Å². The van der Waals surface area contributed by atoms with Crippen molar-refractivity contribution in [1.29, 1.82) is 0 Å². The number of ether oxygens (including phenoxy) is 1. The van der Waals surface area contributed by atoms with Crippen molar-refractivity contribution >= 4 is 68.4 Å². The zero-order chi connectivity index (χ0) is 43.9. The number of alkyl halides is 2. The highest BCUT2D eigenvalue weighted by atomic mass is 35.5. The average Bonchev–Trinajstić information content (AvgIpc) is 4.07. The minimum Gasteiger partial charge on any atom is -0.480 e. The van der Waals surface area contributed by atoms with Crippen molar-refractivity contribution in [2.75, 3.05) is 54.9 Å². The van der Waals surface area contributed by atoms with Gasteiger partial charge in [0.05, 0.1) is 40.6 Å². The predicted octanol–water partition coefficient (Wildman–Crippen LogP) is 6.83. The minimum atomic E-state index is -3.14. The molecule has 18 heteroatoms. The molecule has 7 heterocycles. The molecule has 332 valence electrons. The van der Waals surface area contributed by atoms with Crippen LogP contribution < -0.4 is 31.1 Å². The predicted molar refractivity (Wildman–Crippen MR) is 234 cm³/mol. The molecule has 10 rings (SSSR count). The molecule has 4 fully saturated rings. The maximum atomic E-state index is 15.8. The molecule has 1 saturated carbocycles. The third-order valence-corrected chi connectivity index (χ3v) is 14.3. The lowest BCUT2D eigenvalue weighted by atomic mass is 9.84. The molecule has 2 amide bonds. The van der Waals surface area contributed by atoms with Crippen LogP contribution in [0.25, 0.3) is 21.8 Å². The summed E-state index contributed by atoms with van der Waals surface area (Å²) in [6.07, 6.45) is 6.17. The molecule has 14 nitrogen and oxygen atoms in total. The molecule has 4 unspecified atom stereocenters. The number of anilines is 4. The van der Waals surface area contributed by atoms with Gasteiger partial charge in [-0.15, -0.1) is 0 Å². The van der Waals surface area contributed by atoms with Crippen molar-refractivity contribution < 1.29 is 27.5 Å². The van der Waals surface area contributed by atoms with Gasteiger partial charge in [-0.3, -0.25) is 24.4 Å². The van der Waals surface area contributed by atoms with Crippen LogP contribution in [0, 0.1) is 23.6 Å². The number of benzene rings is 2. The monoisotopic (exact) mass is 886 g/mol. The molecular weight excluding hydrogens is 837 g/mol. The van der Waals surface area contributed by atoms with Gasteiger partial charge in [-0.2, -0.15) is 10.1 Å². The van der Waals surface area contributed by atoms with E-state index in [4.69, 9.17) is 21.3 Å². The van der Waals surface area contributed by atoms with E-state index in [0.717, 1.165) is 57.5 Å². The number of piperidine rings is 3. The number of likely N-dealkylation sites (tertiary alicyclic amines) is 1. The molecular formula is C45H50ClF3N10O4. The summed E-state index contributed by atoms with van der Waals surface area (Å²) in [5, 5.41) is 14.8. The summed E-state index contributed by atoms with van der Waals surface area (Å²) in [5.41, 5.74) is 2.92. The van der Waals surface area contributed by atoms with Crippen molar-refractivity contribution in [3.8, 4) is 5.75 Å². The van der Waals surface area contributed by atoms with Crippen LogP contribution in [0.3, 0.4) is 0 Å². The van der Waals surface area contributed by atoms with Crippen LogP contribution in [0.5, 0.6) is 5.75 Å². The molecule has 4 aliphatic heterocycles. The largest absolute Gasteiger partial charge is 0.480 e. The normalized spacial score (nSPS) is 24.5. The molecule has 3 N–H and O–H groups in total. The number of amides is 2. The lowest BCUT2D eigenvalue weighted by Gasteiger charge is -2.41. The first-order valence-electron chi connectivity index (χ1n) is 21.9. The van der Waals surface area contributed by atoms with Crippen LogP contribution in [0.2, 0.25) is 5.02 Å². The quantitative estimate of drug-likeness (QED) is 0.141. The van der Waals surface area contributed by atoms with Gasteiger partial charge in [-0.05, 0) is 111 Å². The molecule has 4 atom stereocenters. The van der Waals surface area contributed by atoms with Gasteiger partial charge in [0.15, 0.2) is 12.4 Å². The van der Waals surface area contributed by atoms with Gasteiger partial charge in [0, 0.05) is 56.6 Å². The Morgan fingerprint density at radius 2 is 1.78 bits per heavy atom. The van der Waals surface area contributed by atoms with Gasteiger partial charge in [-0.25, -0.2) is 18.2 Å². The van der Waals surface area contributed by atoms with Gasteiger partial charge in [-0.1, -0.05) is 18.5 Å². The molecule has 5 aliphatic rings. The summed E-state index contributed by atoms with van der Waals surface area (Å²) >= 11 is 6.65. The highest BCUT2D eigenvalue weighted by Crippen LogP contribution is 2.46. The summed E-state index contributed by atoms with van der Waals surface area (Å²) in [6.45, 7) is 5.58. The summed E-state index contributed by atoms with van der Waals surface area (Å²) < 4.78 is 54.8.